The summed E-state index contributed by atoms with van der Waals surface area (Å²) in [4.78, 5) is 0. The van der Waals surface area contributed by atoms with E-state index >= 15 is 0 Å². The molecule has 0 spiro atoms. The molecular weight excluding hydrogens is 307 g/mol. The van der Waals surface area contributed by atoms with Gasteiger partial charge < -0.3 is 17.9 Å². The van der Waals surface area contributed by atoms with Crippen LogP contribution in [0.3, 0.4) is 0 Å². The molecule has 0 aromatic carbocycles. The van der Waals surface area contributed by atoms with Crippen LogP contribution in [0.25, 0.3) is 0 Å². The zero-order chi connectivity index (χ0) is 6.24. The molecule has 11 heavy (non-hydrogen) atoms. The standard InChI is InChI=1S/C8H17.Hf.2H2O/c1-3-5-7-8-6-4-2;;;/h1,3-8H2,2H3;;2*1H2/q-1;;;. The molecule has 2 nitrogen and oxygen atoms in total. The first kappa shape index (κ1) is 22.6. The fourth-order valence-electron chi connectivity index (χ4n) is 0.780. The molecule has 0 bridgehead atoms. The van der Waals surface area contributed by atoms with Crippen LogP contribution >= 0.6 is 0 Å². The first-order valence-corrected chi connectivity index (χ1v) is 3.71. The van der Waals surface area contributed by atoms with Gasteiger partial charge >= 0.3 is 0 Å². The summed E-state index contributed by atoms with van der Waals surface area (Å²) in [5.41, 5.74) is 0. The summed E-state index contributed by atoms with van der Waals surface area (Å²) in [6, 6.07) is 0. The van der Waals surface area contributed by atoms with Crippen molar-refractivity contribution < 1.29 is 36.8 Å². The number of rotatable bonds is 5. The fourth-order valence-corrected chi connectivity index (χ4v) is 0.780. The van der Waals surface area contributed by atoms with Crippen molar-refractivity contribution in [3.63, 3.8) is 0 Å². The normalized spacial score (nSPS) is 7.09. The summed E-state index contributed by atoms with van der Waals surface area (Å²) in [5, 5.41) is 0. The Hall–Kier alpha value is 0.790. The van der Waals surface area contributed by atoms with Crippen LogP contribution < -0.4 is 0 Å². The SMILES string of the molecule is O.O.[CH2-]CCCCCCC.[Hf]. The molecule has 0 saturated carbocycles. The summed E-state index contributed by atoms with van der Waals surface area (Å²) in [5.74, 6) is 0. The average Bonchev–Trinajstić information content (AvgIpc) is 1.81. The molecule has 0 atom stereocenters. The van der Waals surface area contributed by atoms with Crippen molar-refractivity contribution in [2.75, 3.05) is 0 Å². The molecule has 0 amide bonds. The van der Waals surface area contributed by atoms with Gasteiger partial charge in [0.25, 0.3) is 0 Å². The fraction of sp³-hybridized carbons (Fsp3) is 0.875. The molecule has 70 valence electrons. The maximum atomic E-state index is 3.78. The van der Waals surface area contributed by atoms with Gasteiger partial charge in [-0.05, 0) is 0 Å². The van der Waals surface area contributed by atoms with E-state index in [9.17, 15) is 0 Å². The summed E-state index contributed by atoms with van der Waals surface area (Å²) in [6.07, 6.45) is 7.98. The topological polar surface area (TPSA) is 63.0 Å². The third-order valence-corrected chi connectivity index (χ3v) is 1.35. The van der Waals surface area contributed by atoms with Gasteiger partial charge in [-0.25, -0.2) is 0 Å². The van der Waals surface area contributed by atoms with Crippen LogP contribution in [0.4, 0.5) is 0 Å². The van der Waals surface area contributed by atoms with Gasteiger partial charge in [-0.2, -0.15) is 6.42 Å². The third kappa shape index (κ3) is 24.9. The Morgan fingerprint density at radius 2 is 1.36 bits per heavy atom. The molecule has 0 radical (unpaired) electrons. The second kappa shape index (κ2) is 22.4. The van der Waals surface area contributed by atoms with Crippen molar-refractivity contribution in [2.24, 2.45) is 0 Å². The second-order valence-corrected chi connectivity index (χ2v) is 2.27. The molecule has 0 aliphatic carbocycles. The van der Waals surface area contributed by atoms with Crippen LogP contribution in [0.2, 0.25) is 0 Å². The summed E-state index contributed by atoms with van der Waals surface area (Å²) in [7, 11) is 0. The summed E-state index contributed by atoms with van der Waals surface area (Å²) in [6.45, 7) is 6.02. The van der Waals surface area contributed by atoms with E-state index in [1.54, 1.807) is 0 Å². The van der Waals surface area contributed by atoms with Crippen LogP contribution in [0.15, 0.2) is 0 Å². The molecule has 0 aliphatic rings. The van der Waals surface area contributed by atoms with Gasteiger partial charge in [0.1, 0.15) is 0 Å². The first-order chi connectivity index (χ1) is 3.91. The van der Waals surface area contributed by atoms with Gasteiger partial charge in [0.2, 0.25) is 0 Å². The maximum Gasteiger partial charge on any atom is 0 e. The van der Waals surface area contributed by atoms with Crippen molar-refractivity contribution in [3.8, 4) is 0 Å². The maximum absolute atomic E-state index is 3.78. The Morgan fingerprint density at radius 1 is 0.909 bits per heavy atom. The molecule has 0 aromatic rings. The predicted octanol–water partition coefficient (Wildman–Crippen LogP) is 1.53. The second-order valence-electron chi connectivity index (χ2n) is 2.27. The Kier molecular flexibility index (Phi) is 46.1. The minimum absolute atomic E-state index is 0. The Labute approximate surface area is 89.2 Å². The number of unbranched alkanes of at least 4 members (excludes halogenated alkanes) is 5. The van der Waals surface area contributed by atoms with E-state index < -0.39 is 0 Å². The molecule has 0 heterocycles. The van der Waals surface area contributed by atoms with Gasteiger partial charge in [0, 0.05) is 25.8 Å². The van der Waals surface area contributed by atoms with Gasteiger partial charge in [-0.3, -0.25) is 0 Å². The van der Waals surface area contributed by atoms with Gasteiger partial charge in [0.05, 0.1) is 0 Å². The predicted molar refractivity (Wildman–Crippen MR) is 46.0 cm³/mol. The van der Waals surface area contributed by atoms with E-state index in [1.807, 2.05) is 0 Å². The van der Waals surface area contributed by atoms with Gasteiger partial charge in [0.15, 0.2) is 0 Å². The molecule has 0 aromatic heterocycles. The number of hydrogen-bond acceptors (Lipinski definition) is 0. The van der Waals surface area contributed by atoms with Crippen LogP contribution in [-0.2, 0) is 25.8 Å². The monoisotopic (exact) mass is 329 g/mol. The Balaban J connectivity index is -0.0000000817. The summed E-state index contributed by atoms with van der Waals surface area (Å²) >= 11 is 0. The van der Waals surface area contributed by atoms with Crippen LogP contribution in [0, 0.1) is 6.92 Å². The first-order valence-electron chi connectivity index (χ1n) is 3.71. The van der Waals surface area contributed by atoms with Crippen molar-refractivity contribution in [1.82, 2.24) is 0 Å². The molecule has 0 rings (SSSR count). The van der Waals surface area contributed by atoms with E-state index in [2.05, 4.69) is 13.8 Å². The zero-order valence-corrected chi connectivity index (χ0v) is 11.0. The Bertz CT molecular complexity index is 37.1. The quantitative estimate of drug-likeness (QED) is 0.418. The van der Waals surface area contributed by atoms with Crippen molar-refractivity contribution in [3.05, 3.63) is 6.92 Å². The van der Waals surface area contributed by atoms with Crippen molar-refractivity contribution in [1.29, 1.82) is 0 Å². The van der Waals surface area contributed by atoms with E-state index in [0.717, 1.165) is 6.42 Å². The van der Waals surface area contributed by atoms with E-state index in [4.69, 9.17) is 0 Å². The average molecular weight is 328 g/mol. The Morgan fingerprint density at radius 3 is 1.73 bits per heavy atom. The zero-order valence-electron chi connectivity index (χ0n) is 7.45. The minimum Gasteiger partial charge on any atom is -0.412 e. The van der Waals surface area contributed by atoms with Gasteiger partial charge in [-0.1, -0.05) is 39.0 Å². The van der Waals surface area contributed by atoms with Crippen LogP contribution in [0.5, 0.6) is 0 Å². The molecule has 0 aliphatic heterocycles. The van der Waals surface area contributed by atoms with E-state index in [-0.39, 0.29) is 36.8 Å². The van der Waals surface area contributed by atoms with E-state index in [0.29, 0.717) is 0 Å². The molecular formula is C8H21HfO2-. The van der Waals surface area contributed by atoms with Crippen LogP contribution in [-0.4, -0.2) is 11.0 Å². The molecule has 4 N–H and O–H groups in total. The molecule has 0 fully saturated rings. The third-order valence-electron chi connectivity index (χ3n) is 1.35. The number of hydrogen-bond donors (Lipinski definition) is 0. The van der Waals surface area contributed by atoms with Crippen LogP contribution in [0.1, 0.15) is 45.4 Å². The molecule has 0 saturated heterocycles. The van der Waals surface area contributed by atoms with Crippen molar-refractivity contribution >= 4 is 0 Å². The van der Waals surface area contributed by atoms with E-state index in [1.165, 1.54) is 32.1 Å². The van der Waals surface area contributed by atoms with Gasteiger partial charge in [-0.15, -0.1) is 0 Å². The summed E-state index contributed by atoms with van der Waals surface area (Å²) < 4.78 is 0. The molecule has 3 heteroatoms. The molecule has 0 unspecified atom stereocenters. The largest absolute Gasteiger partial charge is 0.412 e. The smallest absolute Gasteiger partial charge is 0 e. The van der Waals surface area contributed by atoms with Crippen molar-refractivity contribution in [2.45, 2.75) is 45.4 Å². The minimum atomic E-state index is 0.